The van der Waals surface area contributed by atoms with Gasteiger partial charge in [0.25, 0.3) is 0 Å². The van der Waals surface area contributed by atoms with Crippen molar-refractivity contribution in [1.82, 2.24) is 0 Å². The van der Waals surface area contributed by atoms with Gasteiger partial charge in [0.1, 0.15) is 16.4 Å². The van der Waals surface area contributed by atoms with Crippen molar-refractivity contribution >= 4 is 11.1 Å². The van der Waals surface area contributed by atoms with Crippen LogP contribution in [0.1, 0.15) is 1.43 Å². The summed E-state index contributed by atoms with van der Waals surface area (Å²) in [7, 11) is 2.93. The average Bonchev–Trinajstić information content (AvgIpc) is 2.16. The van der Waals surface area contributed by atoms with E-state index in [9.17, 15) is 4.21 Å². The Balaban J connectivity index is 0. The Hall–Kier alpha value is 0.566. The smallest absolute Gasteiger partial charge is 1.00 e. The molecule has 14 heavy (non-hydrogen) atoms. The number of methoxy groups -OCH3 is 2. The predicted molar refractivity (Wildman–Crippen MR) is 49.7 cm³/mol. The van der Waals surface area contributed by atoms with Gasteiger partial charge in [0.05, 0.1) is 14.2 Å². The zero-order valence-corrected chi connectivity index (χ0v) is 12.3. The van der Waals surface area contributed by atoms with Crippen molar-refractivity contribution < 1.29 is 71.0 Å². The van der Waals surface area contributed by atoms with Crippen molar-refractivity contribution in [3.8, 4) is 11.5 Å². The Morgan fingerprint density at radius 1 is 1.36 bits per heavy atom. The molecule has 0 bridgehead atoms. The van der Waals surface area contributed by atoms with Crippen molar-refractivity contribution in [2.45, 2.75) is 4.90 Å². The second-order valence-electron chi connectivity index (χ2n) is 2.27. The maximum atomic E-state index is 10.8. The molecule has 0 saturated heterocycles. The third-order valence-corrected chi connectivity index (χ3v) is 2.25. The van der Waals surface area contributed by atoms with Gasteiger partial charge in [-0.25, -0.2) is 4.21 Å². The Labute approximate surface area is 129 Å². The summed E-state index contributed by atoms with van der Waals surface area (Å²) in [4.78, 5) is 0.210. The number of ether oxygens (including phenoxy) is 2. The van der Waals surface area contributed by atoms with E-state index >= 15 is 0 Å². The van der Waals surface area contributed by atoms with Gasteiger partial charge in [0.15, 0.2) is 11.1 Å². The van der Waals surface area contributed by atoms with Crippen LogP contribution in [0.4, 0.5) is 0 Å². The van der Waals surface area contributed by atoms with Crippen LogP contribution in [-0.2, 0) is 11.1 Å². The van der Waals surface area contributed by atoms with Gasteiger partial charge >= 0.3 is 51.4 Å². The third kappa shape index (κ3) is 3.61. The molecular weight excluding hydrogens is 231 g/mol. The van der Waals surface area contributed by atoms with Gasteiger partial charge in [-0.3, -0.25) is 0 Å². The molecule has 0 radical (unpaired) electrons. The molecule has 1 N–H and O–H groups in total. The monoisotopic (exact) mass is 242 g/mol. The SMILES string of the molecule is COc1ccc(OC)c(S(=O)O)c1.[H-].[K+]. The maximum Gasteiger partial charge on any atom is 1.00 e. The summed E-state index contributed by atoms with van der Waals surface area (Å²) in [6.45, 7) is 0. The van der Waals surface area contributed by atoms with Gasteiger partial charge in [-0.1, -0.05) is 0 Å². The van der Waals surface area contributed by atoms with Crippen molar-refractivity contribution in [3.05, 3.63) is 18.2 Å². The molecule has 0 aliphatic carbocycles. The summed E-state index contributed by atoms with van der Waals surface area (Å²) in [5.74, 6) is 0.903. The van der Waals surface area contributed by atoms with E-state index in [1.54, 1.807) is 12.1 Å². The van der Waals surface area contributed by atoms with E-state index in [0.717, 1.165) is 0 Å². The Morgan fingerprint density at radius 3 is 2.43 bits per heavy atom. The van der Waals surface area contributed by atoms with Crippen LogP contribution in [0.5, 0.6) is 11.5 Å². The first kappa shape index (κ1) is 14.6. The van der Waals surface area contributed by atoms with Gasteiger partial charge in [-0.2, -0.15) is 0 Å². The molecule has 6 heteroatoms. The molecule has 0 aliphatic heterocycles. The van der Waals surface area contributed by atoms with Gasteiger partial charge < -0.3 is 15.5 Å². The molecule has 1 aromatic carbocycles. The minimum Gasteiger partial charge on any atom is -1.00 e. The minimum absolute atomic E-state index is 0. The zero-order valence-electron chi connectivity index (χ0n) is 9.31. The first-order valence-electron chi connectivity index (χ1n) is 3.52. The van der Waals surface area contributed by atoms with Crippen LogP contribution >= 0.6 is 0 Å². The maximum absolute atomic E-state index is 10.8. The summed E-state index contributed by atoms with van der Waals surface area (Å²) in [6, 6.07) is 4.71. The summed E-state index contributed by atoms with van der Waals surface area (Å²) in [5, 5.41) is 0. The summed E-state index contributed by atoms with van der Waals surface area (Å²) in [5.41, 5.74) is 0. The van der Waals surface area contributed by atoms with Crippen LogP contribution in [0.25, 0.3) is 0 Å². The molecule has 0 aliphatic rings. The second-order valence-corrected chi connectivity index (χ2v) is 3.20. The predicted octanol–water partition coefficient (Wildman–Crippen LogP) is -1.60. The first-order chi connectivity index (χ1) is 6.19. The van der Waals surface area contributed by atoms with Crippen LogP contribution in [0.15, 0.2) is 23.1 Å². The van der Waals surface area contributed by atoms with E-state index < -0.39 is 11.1 Å². The van der Waals surface area contributed by atoms with Gasteiger partial charge in [0, 0.05) is 6.07 Å². The summed E-state index contributed by atoms with van der Waals surface area (Å²) >= 11 is -2.06. The molecule has 1 unspecified atom stereocenters. The molecule has 0 fully saturated rings. The Kier molecular flexibility index (Phi) is 7.22. The van der Waals surface area contributed by atoms with Crippen LogP contribution in [-0.4, -0.2) is 23.0 Å². The molecule has 0 amide bonds. The largest absolute Gasteiger partial charge is 1.00 e. The normalized spacial score (nSPS) is 11.4. The van der Waals surface area contributed by atoms with E-state index in [2.05, 4.69) is 0 Å². The minimum atomic E-state index is -2.06. The quantitative estimate of drug-likeness (QED) is 0.512. The van der Waals surface area contributed by atoms with Crippen LogP contribution in [0.2, 0.25) is 0 Å². The third-order valence-electron chi connectivity index (χ3n) is 1.56. The molecule has 1 atom stereocenters. The Bertz CT molecular complexity index is 334. The van der Waals surface area contributed by atoms with Crippen molar-refractivity contribution in [3.63, 3.8) is 0 Å². The van der Waals surface area contributed by atoms with E-state index in [4.69, 9.17) is 14.0 Å². The van der Waals surface area contributed by atoms with E-state index in [-0.39, 0.29) is 57.7 Å². The zero-order chi connectivity index (χ0) is 9.84. The molecule has 0 spiro atoms. The molecular formula is C8H11KO4S. The second kappa shape index (κ2) is 6.94. The molecule has 1 rings (SSSR count). The van der Waals surface area contributed by atoms with Crippen molar-refractivity contribution in [2.75, 3.05) is 14.2 Å². The van der Waals surface area contributed by atoms with Crippen LogP contribution < -0.4 is 60.9 Å². The summed E-state index contributed by atoms with van der Waals surface area (Å²) in [6.07, 6.45) is 0. The standard InChI is InChI=1S/C8H10O4S.K.H/c1-11-6-3-4-7(12-2)8(5-6)13(9)10;;/h3-5H,1-2H3,(H,9,10);;/q;+1;-1. The number of rotatable bonds is 3. The molecule has 4 nitrogen and oxygen atoms in total. The van der Waals surface area contributed by atoms with Gasteiger partial charge in [-0.05, 0) is 12.1 Å². The van der Waals surface area contributed by atoms with Crippen LogP contribution in [0.3, 0.4) is 0 Å². The molecule has 0 heterocycles. The fourth-order valence-electron chi connectivity index (χ4n) is 0.920. The van der Waals surface area contributed by atoms with Crippen molar-refractivity contribution in [2.24, 2.45) is 0 Å². The van der Waals surface area contributed by atoms with Crippen LogP contribution in [0, 0.1) is 0 Å². The number of hydrogen-bond donors (Lipinski definition) is 1. The van der Waals surface area contributed by atoms with Crippen molar-refractivity contribution in [1.29, 1.82) is 0 Å². The fourth-order valence-corrected chi connectivity index (χ4v) is 1.46. The Morgan fingerprint density at radius 2 is 2.00 bits per heavy atom. The molecule has 0 aromatic heterocycles. The molecule has 0 saturated carbocycles. The number of hydrogen-bond acceptors (Lipinski definition) is 3. The van der Waals surface area contributed by atoms with E-state index in [1.165, 1.54) is 20.3 Å². The fraction of sp³-hybridized carbons (Fsp3) is 0.250. The summed E-state index contributed by atoms with van der Waals surface area (Å²) < 4.78 is 29.5. The average molecular weight is 242 g/mol. The molecule has 74 valence electrons. The van der Waals surface area contributed by atoms with E-state index in [0.29, 0.717) is 11.5 Å². The van der Waals surface area contributed by atoms with E-state index in [1.807, 2.05) is 0 Å². The van der Waals surface area contributed by atoms with Gasteiger partial charge in [-0.15, -0.1) is 0 Å². The topological polar surface area (TPSA) is 55.8 Å². The molecule has 1 aromatic rings. The van der Waals surface area contributed by atoms with Gasteiger partial charge in [0.2, 0.25) is 0 Å². The number of benzene rings is 1. The first-order valence-corrected chi connectivity index (χ1v) is 4.62.